The molecule has 0 saturated heterocycles. The molecule has 0 aliphatic carbocycles. The first-order valence-corrected chi connectivity index (χ1v) is 36.7. The van der Waals surface area contributed by atoms with Gasteiger partial charge in [0.2, 0.25) is 0 Å². The van der Waals surface area contributed by atoms with Crippen molar-refractivity contribution in [2.24, 2.45) is 16.2 Å². The number of hydrogen-bond donors (Lipinski definition) is 0. The summed E-state index contributed by atoms with van der Waals surface area (Å²) in [6.07, 6.45) is 0. The van der Waals surface area contributed by atoms with Crippen molar-refractivity contribution in [1.82, 2.24) is 0 Å². The van der Waals surface area contributed by atoms with Gasteiger partial charge in [0.15, 0.2) is 0 Å². The Morgan fingerprint density at radius 2 is 0.845 bits per heavy atom. The fourth-order valence-electron chi connectivity index (χ4n) is 3.67. The SMILES string of the molecule is C.C.C.CCOC(=O)C(C)(C)CO[Si](C)(C)OC.CF.COC(=O)C(C)(C)CO[Si](C)(C)OC.CO[Si](C)(C)OCC(C)(C)C(C)=O.CO[Si](C)(C)OCC(C)c1ccccc1.CO[Si](C)(C)OCCF. The highest BCUT2D eigenvalue weighted by Gasteiger charge is 2.35. The number of alkyl halides is 2. The summed E-state index contributed by atoms with van der Waals surface area (Å²) in [5, 5.41) is 0. The van der Waals surface area contributed by atoms with Gasteiger partial charge in [-0.2, -0.15) is 0 Å². The van der Waals surface area contributed by atoms with Gasteiger partial charge in [0, 0.05) is 60.1 Å². The summed E-state index contributed by atoms with van der Waals surface area (Å²) in [5.41, 5.74) is -0.308. The summed E-state index contributed by atoms with van der Waals surface area (Å²) in [7, 11) is 0.171. The third-order valence-corrected chi connectivity index (χ3v) is 19.1. The van der Waals surface area contributed by atoms with E-state index in [2.05, 4.69) is 49.0 Å². The van der Waals surface area contributed by atoms with Crippen molar-refractivity contribution >= 4 is 60.5 Å². The summed E-state index contributed by atoms with van der Waals surface area (Å²) in [6, 6.07) is 10.4. The van der Waals surface area contributed by atoms with Crippen LogP contribution >= 0.6 is 0 Å². The Bertz CT molecular complexity index is 1460. The molecule has 0 radical (unpaired) electrons. The van der Waals surface area contributed by atoms with Crippen molar-refractivity contribution in [3.8, 4) is 0 Å². The van der Waals surface area contributed by atoms with Gasteiger partial charge in [-0.1, -0.05) is 73.4 Å². The molecule has 22 heteroatoms. The normalized spacial score (nSPS) is 12.1. The van der Waals surface area contributed by atoms with Crippen molar-refractivity contribution in [2.75, 3.05) is 96.2 Å². The Morgan fingerprint density at radius 3 is 1.14 bits per heavy atom. The van der Waals surface area contributed by atoms with E-state index in [1.165, 1.54) is 12.7 Å². The molecular formula is C49H110F2O15Si5. The zero-order valence-corrected chi connectivity index (χ0v) is 52.3. The van der Waals surface area contributed by atoms with E-state index < -0.39 is 65.7 Å². The lowest BCUT2D eigenvalue weighted by molar-refractivity contribution is -0.155. The van der Waals surface area contributed by atoms with Crippen LogP contribution in [0.4, 0.5) is 8.78 Å². The van der Waals surface area contributed by atoms with Gasteiger partial charge in [-0.3, -0.25) is 18.8 Å². The third-order valence-electron chi connectivity index (χ3n) is 9.90. The van der Waals surface area contributed by atoms with Crippen LogP contribution in [0.15, 0.2) is 30.3 Å². The van der Waals surface area contributed by atoms with Crippen LogP contribution in [0.5, 0.6) is 0 Å². The van der Waals surface area contributed by atoms with Crippen molar-refractivity contribution < 1.29 is 76.9 Å². The minimum absolute atomic E-state index is 0. The Labute approximate surface area is 439 Å². The number of Topliss-reactive ketones (excluding diaryl/α,β-unsaturated/α-hetero) is 1. The molecule has 0 aliphatic heterocycles. The molecule has 1 aromatic carbocycles. The zero-order chi connectivity index (χ0) is 54.9. The predicted octanol–water partition coefficient (Wildman–Crippen LogP) is 12.4. The number of benzene rings is 1. The van der Waals surface area contributed by atoms with E-state index in [1.54, 1.807) is 63.2 Å². The largest absolute Gasteiger partial charge is 0.469 e. The van der Waals surface area contributed by atoms with Crippen LogP contribution < -0.4 is 0 Å². The van der Waals surface area contributed by atoms with Crippen molar-refractivity contribution in [2.45, 2.75) is 156 Å². The molecule has 1 aromatic rings. The van der Waals surface area contributed by atoms with E-state index in [9.17, 15) is 23.2 Å². The number of ether oxygens (including phenoxy) is 2. The summed E-state index contributed by atoms with van der Waals surface area (Å²) in [4.78, 5) is 34.0. The lowest BCUT2D eigenvalue weighted by atomic mass is 9.90. The average Bonchev–Trinajstić information content (AvgIpc) is 3.30. The second-order valence-electron chi connectivity index (χ2n) is 19.5. The number of halogens is 2. The highest BCUT2D eigenvalue weighted by atomic mass is 28.4. The molecule has 71 heavy (non-hydrogen) atoms. The monoisotopic (exact) mass is 1120 g/mol. The van der Waals surface area contributed by atoms with Crippen LogP contribution in [0, 0.1) is 16.2 Å². The lowest BCUT2D eigenvalue weighted by Gasteiger charge is -2.27. The van der Waals surface area contributed by atoms with Gasteiger partial charge in [-0.15, -0.1) is 0 Å². The fraction of sp³-hybridized carbons (Fsp3) is 0.816. The Kier molecular flexibility index (Phi) is 51.6. The molecule has 15 nitrogen and oxygen atoms in total. The minimum atomic E-state index is -2.06. The van der Waals surface area contributed by atoms with Gasteiger partial charge in [0.25, 0.3) is 0 Å². The first-order valence-electron chi connectivity index (χ1n) is 22.6. The fourth-order valence-corrected chi connectivity index (χ4v) is 7.60. The number of ketones is 1. The van der Waals surface area contributed by atoms with Crippen molar-refractivity contribution in [1.29, 1.82) is 0 Å². The third kappa shape index (κ3) is 46.6. The Morgan fingerprint density at radius 1 is 0.535 bits per heavy atom. The van der Waals surface area contributed by atoms with Gasteiger partial charge in [-0.25, -0.2) is 4.39 Å². The average molecular weight is 1120 g/mol. The molecule has 0 amide bonds. The minimum Gasteiger partial charge on any atom is -0.469 e. The van der Waals surface area contributed by atoms with Crippen LogP contribution in [-0.2, 0) is 68.1 Å². The molecule has 430 valence electrons. The Hall–Kier alpha value is -1.63. The maximum absolute atomic E-state index is 11.5. The van der Waals surface area contributed by atoms with Crippen molar-refractivity contribution in [3.63, 3.8) is 0 Å². The molecule has 0 bridgehead atoms. The highest BCUT2D eigenvalue weighted by molar-refractivity contribution is 6.65. The van der Waals surface area contributed by atoms with E-state index in [-0.39, 0.29) is 46.6 Å². The molecule has 1 atom stereocenters. The van der Waals surface area contributed by atoms with Gasteiger partial charge in [0.05, 0.1) is 51.5 Å². The second-order valence-corrected chi connectivity index (χ2v) is 36.9. The molecule has 0 N–H and O–H groups in total. The van der Waals surface area contributed by atoms with E-state index in [1.807, 2.05) is 86.1 Å². The molecule has 0 aliphatic rings. The van der Waals surface area contributed by atoms with Gasteiger partial charge in [0.1, 0.15) is 12.5 Å². The van der Waals surface area contributed by atoms with Crippen LogP contribution in [0.25, 0.3) is 0 Å². The van der Waals surface area contributed by atoms with Crippen LogP contribution in [-0.4, -0.2) is 157 Å². The molecule has 0 fully saturated rings. The first kappa shape index (κ1) is 86.1. The quantitative estimate of drug-likeness (QED) is 0.0671. The molecule has 0 spiro atoms. The van der Waals surface area contributed by atoms with Gasteiger partial charge < -0.3 is 53.7 Å². The standard InChI is InChI=1S/C12H20O2Si.C10H22O4Si.C9H20O4Si.C9H20O3Si.C5H13FO2Si.CH3F.3CH4/c1-11(10-14-15(3,4)13-2)12-8-6-5-7-9-12;1-7-13-9(11)10(2,3)8-14-15(5,6)12-4;1-9(2,8(10)11-3)7-13-14(5,6)12-4;1-8(10)9(2,3)7-12-13(5,6)11-4;1-7-9(2,3)8-5-4-6;1-2;;;/h5-9,11H,10H2,1-4H3;7-8H2,1-6H3;7H2,1-6H3;7H2,1-6H3;4-5H2,1-3H3;1H3;3*1H4. The topological polar surface area (TPSA) is 162 Å². The highest BCUT2D eigenvalue weighted by Crippen LogP contribution is 2.23. The number of rotatable bonds is 25. The van der Waals surface area contributed by atoms with E-state index >= 15 is 0 Å². The smallest absolute Gasteiger partial charge is 0.331 e. The number of methoxy groups -OCH3 is 1. The molecule has 0 heterocycles. The number of hydrogen-bond acceptors (Lipinski definition) is 15. The lowest BCUT2D eigenvalue weighted by Crippen LogP contribution is -2.40. The second kappa shape index (κ2) is 42.6. The van der Waals surface area contributed by atoms with E-state index in [0.29, 0.717) is 39.5 Å². The molecule has 1 unspecified atom stereocenters. The molecular weight excluding hydrogens is 1010 g/mol. The summed E-state index contributed by atoms with van der Waals surface area (Å²) >= 11 is 0. The number of carbonyl (C=O) groups excluding carboxylic acids is 3. The maximum Gasteiger partial charge on any atom is 0.331 e. The zero-order valence-electron chi connectivity index (χ0n) is 47.3. The summed E-state index contributed by atoms with van der Waals surface area (Å²) in [6.45, 7) is 38.0. The van der Waals surface area contributed by atoms with Crippen LogP contribution in [0.1, 0.15) is 96.1 Å². The van der Waals surface area contributed by atoms with E-state index in [4.69, 9.17) is 49.0 Å². The number of carbonyl (C=O) groups is 3. The van der Waals surface area contributed by atoms with Gasteiger partial charge in [-0.05, 0) is 113 Å². The number of esters is 2. The molecule has 0 saturated carbocycles. The molecule has 0 aromatic heterocycles. The maximum atomic E-state index is 11.5. The van der Waals surface area contributed by atoms with Crippen LogP contribution in [0.2, 0.25) is 65.5 Å². The predicted molar refractivity (Wildman–Crippen MR) is 301 cm³/mol. The molecule has 1 rings (SSSR count). The summed E-state index contributed by atoms with van der Waals surface area (Å²) in [5.74, 6) is 0.0748. The first-order chi connectivity index (χ1) is 30.9. The van der Waals surface area contributed by atoms with Crippen LogP contribution in [0.3, 0.4) is 0 Å². The van der Waals surface area contributed by atoms with Gasteiger partial charge >= 0.3 is 54.7 Å². The summed E-state index contributed by atoms with van der Waals surface area (Å²) < 4.78 is 84.3. The Balaban J connectivity index is -0.000000115. The van der Waals surface area contributed by atoms with E-state index in [0.717, 1.165) is 6.61 Å². The van der Waals surface area contributed by atoms with Crippen molar-refractivity contribution in [3.05, 3.63) is 35.9 Å².